The molecule has 28 heavy (non-hydrogen) atoms. The lowest BCUT2D eigenvalue weighted by Crippen LogP contribution is -2.46. The Morgan fingerprint density at radius 2 is 1.68 bits per heavy atom. The summed E-state index contributed by atoms with van der Waals surface area (Å²) < 4.78 is 0. The van der Waals surface area contributed by atoms with Crippen LogP contribution in [0.25, 0.3) is 0 Å². The molecular formula is C23H24N2O3. The predicted molar refractivity (Wildman–Crippen MR) is 108 cm³/mol. The molecule has 1 N–H and O–H groups in total. The highest BCUT2D eigenvalue weighted by Crippen LogP contribution is 2.29. The fourth-order valence-corrected chi connectivity index (χ4v) is 4.17. The number of likely N-dealkylation sites (tertiary alicyclic amines) is 1. The first-order valence-electron chi connectivity index (χ1n) is 9.83. The Bertz CT molecular complexity index is 966. The van der Waals surface area contributed by atoms with Crippen LogP contribution in [0.15, 0.2) is 42.5 Å². The molecule has 1 saturated heterocycles. The van der Waals surface area contributed by atoms with Gasteiger partial charge in [-0.3, -0.25) is 19.3 Å². The number of hydrogen-bond donors (Lipinski definition) is 1. The third kappa shape index (κ3) is 3.27. The molecule has 1 aliphatic heterocycles. The molecule has 1 aliphatic carbocycles. The molecule has 4 rings (SSSR count). The number of nitrogens with zero attached hydrogens (tertiary/aromatic N) is 1. The lowest BCUT2D eigenvalue weighted by molar-refractivity contribution is -0.121. The van der Waals surface area contributed by atoms with Crippen LogP contribution in [0, 0.1) is 5.92 Å². The van der Waals surface area contributed by atoms with E-state index in [-0.39, 0.29) is 23.5 Å². The van der Waals surface area contributed by atoms with Gasteiger partial charge >= 0.3 is 0 Å². The summed E-state index contributed by atoms with van der Waals surface area (Å²) in [6, 6.07) is 11.6. The van der Waals surface area contributed by atoms with E-state index in [0.717, 1.165) is 19.5 Å². The third-order valence-corrected chi connectivity index (χ3v) is 5.81. The largest absolute Gasteiger partial charge is 0.325 e. The Hall–Kier alpha value is -2.79. The number of amides is 1. The molecule has 1 amide bonds. The molecule has 1 heterocycles. The van der Waals surface area contributed by atoms with E-state index >= 15 is 0 Å². The Labute approximate surface area is 164 Å². The monoisotopic (exact) mass is 376 g/mol. The molecular weight excluding hydrogens is 352 g/mol. The smallest absolute Gasteiger partial charge is 0.241 e. The SMILES string of the molecule is C[C@H]1CCCN([C@@H](C)C(=O)Nc2ccc3c(c2)C(=O)c2ccccc2C3=O)C1. The second-order valence-electron chi connectivity index (χ2n) is 7.87. The van der Waals surface area contributed by atoms with Gasteiger partial charge in [0.15, 0.2) is 11.6 Å². The first kappa shape index (κ1) is 18.6. The number of nitrogens with one attached hydrogen (secondary N) is 1. The van der Waals surface area contributed by atoms with Crippen molar-refractivity contribution in [1.29, 1.82) is 0 Å². The predicted octanol–water partition coefficient (Wildman–Crippen LogP) is 3.52. The van der Waals surface area contributed by atoms with Crippen molar-refractivity contribution in [2.75, 3.05) is 18.4 Å². The minimum Gasteiger partial charge on any atom is -0.325 e. The summed E-state index contributed by atoms with van der Waals surface area (Å²) in [5.41, 5.74) is 2.13. The molecule has 0 aromatic heterocycles. The quantitative estimate of drug-likeness (QED) is 0.760. The van der Waals surface area contributed by atoms with Crippen molar-refractivity contribution in [1.82, 2.24) is 4.90 Å². The second kappa shape index (κ2) is 7.32. The zero-order valence-electron chi connectivity index (χ0n) is 16.2. The first-order valence-corrected chi connectivity index (χ1v) is 9.83. The third-order valence-electron chi connectivity index (χ3n) is 5.81. The van der Waals surface area contributed by atoms with Crippen LogP contribution in [-0.2, 0) is 4.79 Å². The van der Waals surface area contributed by atoms with E-state index in [9.17, 15) is 14.4 Å². The van der Waals surface area contributed by atoms with Crippen LogP contribution >= 0.6 is 0 Å². The minimum absolute atomic E-state index is 0.0935. The summed E-state index contributed by atoms with van der Waals surface area (Å²) in [4.78, 5) is 40.4. The lowest BCUT2D eigenvalue weighted by Gasteiger charge is -2.34. The summed E-state index contributed by atoms with van der Waals surface area (Å²) in [7, 11) is 0. The summed E-state index contributed by atoms with van der Waals surface area (Å²) in [5, 5.41) is 2.92. The van der Waals surface area contributed by atoms with Gasteiger partial charge in [0.25, 0.3) is 0 Å². The van der Waals surface area contributed by atoms with E-state index in [1.165, 1.54) is 6.42 Å². The fourth-order valence-electron chi connectivity index (χ4n) is 4.17. The van der Waals surface area contributed by atoms with Crippen molar-refractivity contribution >= 4 is 23.2 Å². The first-order chi connectivity index (χ1) is 13.5. The van der Waals surface area contributed by atoms with Gasteiger partial charge in [-0.1, -0.05) is 31.2 Å². The number of rotatable bonds is 3. The highest BCUT2D eigenvalue weighted by atomic mass is 16.2. The van der Waals surface area contributed by atoms with E-state index in [1.54, 1.807) is 42.5 Å². The molecule has 0 radical (unpaired) electrons. The summed E-state index contributed by atoms with van der Waals surface area (Å²) in [6.45, 7) is 5.97. The molecule has 0 spiro atoms. The number of fused-ring (bicyclic) bond motifs is 2. The van der Waals surface area contributed by atoms with Crippen LogP contribution in [0.4, 0.5) is 5.69 Å². The van der Waals surface area contributed by atoms with Crippen LogP contribution < -0.4 is 5.32 Å². The molecule has 0 bridgehead atoms. The molecule has 1 fully saturated rings. The van der Waals surface area contributed by atoms with Crippen LogP contribution in [0.1, 0.15) is 58.5 Å². The summed E-state index contributed by atoms with van der Waals surface area (Å²) >= 11 is 0. The van der Waals surface area contributed by atoms with Crippen molar-refractivity contribution in [2.45, 2.75) is 32.7 Å². The van der Waals surface area contributed by atoms with Gasteiger partial charge in [0.05, 0.1) is 6.04 Å². The van der Waals surface area contributed by atoms with E-state index in [1.807, 2.05) is 6.92 Å². The molecule has 0 saturated carbocycles. The summed E-state index contributed by atoms with van der Waals surface area (Å²) in [5.74, 6) is 0.165. The van der Waals surface area contributed by atoms with Gasteiger partial charge < -0.3 is 5.32 Å². The van der Waals surface area contributed by atoms with E-state index in [2.05, 4.69) is 17.1 Å². The number of anilines is 1. The number of carbonyl (C=O) groups is 3. The standard InChI is InChI=1S/C23H24N2O3/c1-14-6-5-11-25(13-14)15(2)23(28)24-16-9-10-19-20(12-16)22(27)18-8-4-3-7-17(18)21(19)26/h3-4,7-10,12,14-15H,5-6,11,13H2,1-2H3,(H,24,28)/t14-,15-/m0/s1. The molecule has 5 heteroatoms. The van der Waals surface area contributed by atoms with Gasteiger partial charge in [-0.2, -0.15) is 0 Å². The van der Waals surface area contributed by atoms with Gasteiger partial charge in [-0.25, -0.2) is 0 Å². The van der Waals surface area contributed by atoms with Gasteiger partial charge in [0.1, 0.15) is 0 Å². The van der Waals surface area contributed by atoms with Gasteiger partial charge in [0.2, 0.25) is 5.91 Å². The average Bonchev–Trinajstić information content (AvgIpc) is 2.71. The number of ketones is 2. The van der Waals surface area contributed by atoms with Crippen molar-refractivity contribution < 1.29 is 14.4 Å². The number of carbonyl (C=O) groups excluding carboxylic acids is 3. The van der Waals surface area contributed by atoms with Crippen LogP contribution in [0.3, 0.4) is 0 Å². The maximum Gasteiger partial charge on any atom is 0.241 e. The molecule has 2 aromatic carbocycles. The van der Waals surface area contributed by atoms with Crippen molar-refractivity contribution in [3.05, 3.63) is 64.7 Å². The van der Waals surface area contributed by atoms with E-state index < -0.39 is 0 Å². The molecule has 2 aliphatic rings. The van der Waals surface area contributed by atoms with Gasteiger partial charge in [-0.15, -0.1) is 0 Å². The molecule has 144 valence electrons. The normalized spacial score (nSPS) is 20.3. The number of benzene rings is 2. The Balaban J connectivity index is 1.55. The lowest BCUT2D eigenvalue weighted by atomic mass is 9.84. The molecule has 2 aromatic rings. The zero-order chi connectivity index (χ0) is 19.8. The highest BCUT2D eigenvalue weighted by Gasteiger charge is 2.30. The topological polar surface area (TPSA) is 66.5 Å². The molecule has 5 nitrogen and oxygen atoms in total. The molecule has 2 atom stereocenters. The second-order valence-corrected chi connectivity index (χ2v) is 7.87. The maximum absolute atomic E-state index is 12.8. The van der Waals surface area contributed by atoms with Gasteiger partial charge in [0, 0.05) is 34.5 Å². The molecule has 0 unspecified atom stereocenters. The van der Waals surface area contributed by atoms with Crippen LogP contribution in [-0.4, -0.2) is 41.5 Å². The van der Waals surface area contributed by atoms with Crippen molar-refractivity contribution in [2.24, 2.45) is 5.92 Å². The average molecular weight is 376 g/mol. The Morgan fingerprint density at radius 3 is 2.36 bits per heavy atom. The van der Waals surface area contributed by atoms with Crippen molar-refractivity contribution in [3.63, 3.8) is 0 Å². The van der Waals surface area contributed by atoms with Crippen molar-refractivity contribution in [3.8, 4) is 0 Å². The number of piperidine rings is 1. The highest BCUT2D eigenvalue weighted by molar-refractivity contribution is 6.28. The number of hydrogen-bond acceptors (Lipinski definition) is 4. The van der Waals surface area contributed by atoms with Crippen LogP contribution in [0.2, 0.25) is 0 Å². The summed E-state index contributed by atoms with van der Waals surface area (Å²) in [6.07, 6.45) is 2.31. The van der Waals surface area contributed by atoms with Crippen LogP contribution in [0.5, 0.6) is 0 Å². The fraction of sp³-hybridized carbons (Fsp3) is 0.348. The zero-order valence-corrected chi connectivity index (χ0v) is 16.2. The van der Waals surface area contributed by atoms with Gasteiger partial charge in [-0.05, 0) is 50.4 Å². The van der Waals surface area contributed by atoms with E-state index in [0.29, 0.717) is 33.9 Å². The Morgan fingerprint density at radius 1 is 1.04 bits per heavy atom. The van der Waals surface area contributed by atoms with E-state index in [4.69, 9.17) is 0 Å². The minimum atomic E-state index is -0.239. The Kier molecular flexibility index (Phi) is 4.85. The maximum atomic E-state index is 12.8.